The lowest BCUT2D eigenvalue weighted by molar-refractivity contribution is -0.122. The van der Waals surface area contributed by atoms with Gasteiger partial charge in [0.25, 0.3) is 0 Å². The fourth-order valence-electron chi connectivity index (χ4n) is 1.29. The molecule has 4 N–H and O–H groups in total. The van der Waals surface area contributed by atoms with E-state index in [1.807, 2.05) is 5.38 Å². The number of amides is 1. The number of aliphatic hydroxyl groups is 1. The van der Waals surface area contributed by atoms with Gasteiger partial charge in [0.05, 0.1) is 29.3 Å². The average molecular weight is 257 g/mol. The average Bonchev–Trinajstić information content (AvgIpc) is 2.65. The quantitative estimate of drug-likeness (QED) is 0.673. The van der Waals surface area contributed by atoms with Crippen LogP contribution in [0.5, 0.6) is 0 Å². The molecule has 0 spiro atoms. The number of hydrogen-bond donors (Lipinski definition) is 3. The van der Waals surface area contributed by atoms with E-state index in [-0.39, 0.29) is 18.9 Å². The first-order chi connectivity index (χ1) is 7.96. The first kappa shape index (κ1) is 14.1. The predicted molar refractivity (Wildman–Crippen MR) is 67.9 cm³/mol. The lowest BCUT2D eigenvalue weighted by Crippen LogP contribution is -2.46. The van der Waals surface area contributed by atoms with E-state index < -0.39 is 5.54 Å². The molecular formula is C11H19N3O2S. The Morgan fingerprint density at radius 3 is 2.94 bits per heavy atom. The van der Waals surface area contributed by atoms with Gasteiger partial charge in [0, 0.05) is 11.8 Å². The minimum Gasteiger partial charge on any atom is -0.394 e. The largest absolute Gasteiger partial charge is 0.394 e. The lowest BCUT2D eigenvalue weighted by Gasteiger charge is -2.23. The van der Waals surface area contributed by atoms with Crippen LogP contribution in [0.3, 0.4) is 0 Å². The number of carbonyl (C=O) groups is 1. The molecule has 0 saturated carbocycles. The van der Waals surface area contributed by atoms with E-state index in [2.05, 4.69) is 10.3 Å². The van der Waals surface area contributed by atoms with Gasteiger partial charge in [-0.15, -0.1) is 11.3 Å². The number of nitrogens with two attached hydrogens (primary N) is 1. The summed E-state index contributed by atoms with van der Waals surface area (Å²) in [5, 5.41) is 14.6. The van der Waals surface area contributed by atoms with Gasteiger partial charge in [0.2, 0.25) is 5.91 Å². The van der Waals surface area contributed by atoms with Gasteiger partial charge in [-0.25, -0.2) is 4.98 Å². The smallest absolute Gasteiger partial charge is 0.226 e. The van der Waals surface area contributed by atoms with Crippen LogP contribution in [0, 0.1) is 0 Å². The molecule has 0 aromatic carbocycles. The zero-order valence-electron chi connectivity index (χ0n) is 10.2. The molecule has 1 rings (SSSR count). The van der Waals surface area contributed by atoms with Gasteiger partial charge in [-0.3, -0.25) is 4.79 Å². The molecule has 0 fully saturated rings. The van der Waals surface area contributed by atoms with Crippen molar-refractivity contribution < 1.29 is 9.90 Å². The van der Waals surface area contributed by atoms with Crippen LogP contribution in [0.1, 0.15) is 24.5 Å². The van der Waals surface area contributed by atoms with Crippen LogP contribution in [0.2, 0.25) is 0 Å². The molecule has 5 nitrogen and oxygen atoms in total. The van der Waals surface area contributed by atoms with Crippen LogP contribution < -0.4 is 11.1 Å². The zero-order valence-corrected chi connectivity index (χ0v) is 11.0. The third kappa shape index (κ3) is 4.80. The molecule has 96 valence electrons. The highest BCUT2D eigenvalue weighted by Gasteiger charge is 2.19. The van der Waals surface area contributed by atoms with Crippen molar-refractivity contribution >= 4 is 17.2 Å². The first-order valence-corrected chi connectivity index (χ1v) is 6.40. The molecule has 1 aromatic rings. The van der Waals surface area contributed by atoms with Crippen molar-refractivity contribution in [2.75, 3.05) is 13.2 Å². The molecular weight excluding hydrogens is 238 g/mol. The van der Waals surface area contributed by atoms with Crippen LogP contribution in [-0.4, -0.2) is 34.7 Å². The Labute approximate surface area is 105 Å². The molecule has 0 aliphatic heterocycles. The SMILES string of the molecule is CC(C)(CO)NC(=O)Cc1csc(CCN)n1. The van der Waals surface area contributed by atoms with Crippen molar-refractivity contribution in [1.82, 2.24) is 10.3 Å². The fourth-order valence-corrected chi connectivity index (χ4v) is 2.11. The van der Waals surface area contributed by atoms with E-state index in [0.29, 0.717) is 6.54 Å². The van der Waals surface area contributed by atoms with Gasteiger partial charge in [0.1, 0.15) is 0 Å². The first-order valence-electron chi connectivity index (χ1n) is 5.52. The highest BCUT2D eigenvalue weighted by Crippen LogP contribution is 2.11. The molecule has 6 heteroatoms. The number of hydrogen-bond acceptors (Lipinski definition) is 5. The van der Waals surface area contributed by atoms with Crippen LogP contribution in [0.15, 0.2) is 5.38 Å². The number of aromatic nitrogens is 1. The Morgan fingerprint density at radius 2 is 2.35 bits per heavy atom. The van der Waals surface area contributed by atoms with Crippen molar-refractivity contribution in [3.05, 3.63) is 16.1 Å². The van der Waals surface area contributed by atoms with Gasteiger partial charge in [-0.05, 0) is 20.4 Å². The third-order valence-corrected chi connectivity index (χ3v) is 3.13. The van der Waals surface area contributed by atoms with Gasteiger partial charge >= 0.3 is 0 Å². The Kier molecular flexibility index (Phi) is 5.04. The van der Waals surface area contributed by atoms with Crippen molar-refractivity contribution in [1.29, 1.82) is 0 Å². The minimum atomic E-state index is -0.590. The number of nitrogens with one attached hydrogen (secondary N) is 1. The summed E-state index contributed by atoms with van der Waals surface area (Å²) in [5.74, 6) is -0.131. The highest BCUT2D eigenvalue weighted by atomic mass is 32.1. The summed E-state index contributed by atoms with van der Waals surface area (Å²) >= 11 is 1.52. The molecule has 0 atom stereocenters. The monoisotopic (exact) mass is 257 g/mol. The zero-order chi connectivity index (χ0) is 12.9. The number of nitrogens with zero attached hydrogens (tertiary/aromatic N) is 1. The Balaban J connectivity index is 2.50. The Hall–Kier alpha value is -0.980. The second-order valence-electron chi connectivity index (χ2n) is 4.54. The van der Waals surface area contributed by atoms with Gasteiger partial charge in [0.15, 0.2) is 0 Å². The molecule has 0 aliphatic carbocycles. The Bertz CT molecular complexity index is 377. The maximum Gasteiger partial charge on any atom is 0.226 e. The summed E-state index contributed by atoms with van der Waals surface area (Å²) in [7, 11) is 0. The maximum atomic E-state index is 11.7. The molecule has 1 amide bonds. The van der Waals surface area contributed by atoms with E-state index >= 15 is 0 Å². The van der Waals surface area contributed by atoms with E-state index in [9.17, 15) is 4.79 Å². The predicted octanol–water partition coefficient (Wildman–Crippen LogP) is 0.0739. The van der Waals surface area contributed by atoms with Gasteiger partial charge in [-0.2, -0.15) is 0 Å². The van der Waals surface area contributed by atoms with Crippen LogP contribution >= 0.6 is 11.3 Å². The topological polar surface area (TPSA) is 88.2 Å². The molecule has 0 saturated heterocycles. The van der Waals surface area contributed by atoms with Gasteiger partial charge in [-0.1, -0.05) is 0 Å². The fraction of sp³-hybridized carbons (Fsp3) is 0.636. The summed E-state index contributed by atoms with van der Waals surface area (Å²) < 4.78 is 0. The van der Waals surface area contributed by atoms with Crippen LogP contribution in [0.4, 0.5) is 0 Å². The summed E-state index contributed by atoms with van der Waals surface area (Å²) in [5.41, 5.74) is 5.60. The maximum absolute atomic E-state index is 11.7. The van der Waals surface area contributed by atoms with Crippen LogP contribution in [0.25, 0.3) is 0 Å². The Morgan fingerprint density at radius 1 is 1.65 bits per heavy atom. The van der Waals surface area contributed by atoms with Crippen molar-refractivity contribution in [3.63, 3.8) is 0 Å². The molecule has 0 radical (unpaired) electrons. The molecule has 0 aliphatic rings. The number of thiazole rings is 1. The third-order valence-electron chi connectivity index (χ3n) is 2.17. The summed E-state index contributed by atoms with van der Waals surface area (Å²) in [6.45, 7) is 4.02. The second kappa shape index (κ2) is 6.09. The van der Waals surface area contributed by atoms with Crippen molar-refractivity contribution in [2.24, 2.45) is 5.73 Å². The number of carbonyl (C=O) groups excluding carboxylic acids is 1. The number of aliphatic hydroxyl groups excluding tert-OH is 1. The molecule has 1 heterocycles. The summed E-state index contributed by atoms with van der Waals surface area (Å²) in [4.78, 5) is 16.0. The van der Waals surface area contributed by atoms with Gasteiger partial charge < -0.3 is 16.2 Å². The number of rotatable bonds is 6. The van der Waals surface area contributed by atoms with E-state index in [1.54, 1.807) is 13.8 Å². The summed E-state index contributed by atoms with van der Waals surface area (Å²) in [6.07, 6.45) is 0.985. The highest BCUT2D eigenvalue weighted by molar-refractivity contribution is 7.09. The van der Waals surface area contributed by atoms with Crippen LogP contribution in [-0.2, 0) is 17.6 Å². The molecule has 1 aromatic heterocycles. The lowest BCUT2D eigenvalue weighted by atomic mass is 10.1. The van der Waals surface area contributed by atoms with Crippen molar-refractivity contribution in [2.45, 2.75) is 32.2 Å². The van der Waals surface area contributed by atoms with E-state index in [4.69, 9.17) is 10.8 Å². The normalized spacial score (nSPS) is 11.5. The standard InChI is InChI=1S/C11H19N3O2S/c1-11(2,7-15)14-9(16)5-8-6-17-10(13-8)3-4-12/h6,15H,3-5,7,12H2,1-2H3,(H,14,16). The molecule has 17 heavy (non-hydrogen) atoms. The molecule has 0 unspecified atom stereocenters. The second-order valence-corrected chi connectivity index (χ2v) is 5.48. The summed E-state index contributed by atoms with van der Waals surface area (Å²) in [6, 6.07) is 0. The molecule has 0 bridgehead atoms. The van der Waals surface area contributed by atoms with Crippen molar-refractivity contribution in [3.8, 4) is 0 Å². The minimum absolute atomic E-state index is 0.0891. The van der Waals surface area contributed by atoms with E-state index in [0.717, 1.165) is 17.1 Å². The van der Waals surface area contributed by atoms with E-state index in [1.165, 1.54) is 11.3 Å².